The van der Waals surface area contributed by atoms with Gasteiger partial charge in [0.25, 0.3) is 5.56 Å². The van der Waals surface area contributed by atoms with Crippen molar-refractivity contribution in [3.63, 3.8) is 0 Å². The van der Waals surface area contributed by atoms with E-state index >= 15 is 0 Å². The maximum absolute atomic E-state index is 14.6. The number of rotatable bonds is 5. The number of para-hydroxylation sites is 1. The van der Waals surface area contributed by atoms with Crippen LogP contribution in [-0.4, -0.2) is 76.0 Å². The molecule has 2 aromatic heterocycles. The van der Waals surface area contributed by atoms with Crippen molar-refractivity contribution in [2.24, 2.45) is 0 Å². The number of nitrogens with zero attached hydrogens (tertiary/aromatic N) is 5. The van der Waals surface area contributed by atoms with E-state index < -0.39 is 11.4 Å². The van der Waals surface area contributed by atoms with Crippen molar-refractivity contribution in [2.75, 3.05) is 40.3 Å². The van der Waals surface area contributed by atoms with Crippen LogP contribution in [-0.2, 0) is 4.79 Å². The van der Waals surface area contributed by atoms with Crippen LogP contribution in [0.3, 0.4) is 0 Å². The van der Waals surface area contributed by atoms with Gasteiger partial charge in [0.15, 0.2) is 0 Å². The van der Waals surface area contributed by atoms with E-state index in [0.717, 1.165) is 42.0 Å². The molecule has 1 saturated heterocycles. The lowest BCUT2D eigenvalue weighted by Gasteiger charge is -2.37. The molecule has 1 aliphatic heterocycles. The zero-order valence-electron chi connectivity index (χ0n) is 20.5. The Bertz CT molecular complexity index is 1450. The summed E-state index contributed by atoms with van der Waals surface area (Å²) in [6, 6.07) is 13.2. The van der Waals surface area contributed by atoms with Gasteiger partial charge in [0.05, 0.1) is 5.52 Å². The Kier molecular flexibility index (Phi) is 6.38. The van der Waals surface area contributed by atoms with Gasteiger partial charge in [-0.05, 0) is 31.2 Å². The van der Waals surface area contributed by atoms with Crippen LogP contribution in [0.4, 0.5) is 4.39 Å². The molecule has 10 heteroatoms. The third-order valence-electron chi connectivity index (χ3n) is 6.74. The summed E-state index contributed by atoms with van der Waals surface area (Å²) >= 11 is 0. The highest BCUT2D eigenvalue weighted by Crippen LogP contribution is 2.28. The summed E-state index contributed by atoms with van der Waals surface area (Å²) in [5.74, 6) is -0.578. The number of aryl methyl sites for hydroxylation is 1. The quantitative estimate of drug-likeness (QED) is 0.446. The summed E-state index contributed by atoms with van der Waals surface area (Å²) in [4.78, 5) is 29.9. The molecule has 3 heterocycles. The molecule has 0 aliphatic carbocycles. The predicted octanol–water partition coefficient (Wildman–Crippen LogP) is 2.26. The average molecular weight is 490 g/mol. The van der Waals surface area contributed by atoms with Gasteiger partial charge in [-0.25, -0.2) is 4.39 Å². The summed E-state index contributed by atoms with van der Waals surface area (Å²) in [7, 11) is 3.73. The molecule has 1 aliphatic rings. The minimum atomic E-state index is -0.525. The summed E-state index contributed by atoms with van der Waals surface area (Å²) in [5, 5.41) is 14.5. The van der Waals surface area contributed by atoms with Crippen LogP contribution in [0.25, 0.3) is 28.0 Å². The van der Waals surface area contributed by atoms with Gasteiger partial charge in [-0.3, -0.25) is 19.6 Å². The molecule has 2 N–H and O–H groups in total. The highest BCUT2D eigenvalue weighted by Gasteiger charge is 2.29. The fourth-order valence-corrected chi connectivity index (χ4v) is 4.71. The van der Waals surface area contributed by atoms with E-state index in [1.807, 2.05) is 24.3 Å². The van der Waals surface area contributed by atoms with Crippen molar-refractivity contribution >= 4 is 16.9 Å². The molecule has 0 radical (unpaired) electrons. The lowest BCUT2D eigenvalue weighted by molar-refractivity contribution is -0.126. The van der Waals surface area contributed by atoms with Crippen LogP contribution in [0.1, 0.15) is 17.2 Å². The second-order valence-electron chi connectivity index (χ2n) is 9.11. The first-order valence-electron chi connectivity index (χ1n) is 11.9. The number of halogens is 1. The lowest BCUT2D eigenvalue weighted by atomic mass is 10.0. The van der Waals surface area contributed by atoms with E-state index in [2.05, 4.69) is 37.5 Å². The van der Waals surface area contributed by atoms with E-state index in [9.17, 15) is 14.0 Å². The minimum Gasteiger partial charge on any atom is -0.358 e. The fourth-order valence-electron chi connectivity index (χ4n) is 4.71. The molecule has 1 unspecified atom stereocenters. The van der Waals surface area contributed by atoms with E-state index in [1.165, 1.54) is 12.1 Å². The Labute approximate surface area is 207 Å². The Morgan fingerprint density at radius 3 is 2.50 bits per heavy atom. The Morgan fingerprint density at radius 1 is 1.11 bits per heavy atom. The second-order valence-corrected chi connectivity index (χ2v) is 9.11. The Morgan fingerprint density at radius 2 is 1.83 bits per heavy atom. The number of piperazine rings is 1. The monoisotopic (exact) mass is 489 g/mol. The zero-order valence-corrected chi connectivity index (χ0v) is 20.5. The number of hydrogen-bond donors (Lipinski definition) is 2. The van der Waals surface area contributed by atoms with Crippen LogP contribution >= 0.6 is 0 Å². The van der Waals surface area contributed by atoms with Crippen LogP contribution < -0.4 is 10.9 Å². The highest BCUT2D eigenvalue weighted by atomic mass is 19.1. The van der Waals surface area contributed by atoms with Crippen molar-refractivity contribution in [3.8, 4) is 16.9 Å². The largest absolute Gasteiger partial charge is 0.358 e. The van der Waals surface area contributed by atoms with Crippen LogP contribution in [0.2, 0.25) is 0 Å². The van der Waals surface area contributed by atoms with Gasteiger partial charge in [0.2, 0.25) is 5.91 Å². The van der Waals surface area contributed by atoms with Gasteiger partial charge in [-0.15, -0.1) is 0 Å². The standard InChI is InChI=1S/C26H28FN7O2/c1-16-5-4-6-19(27)24(16)34-21(35)15-20-23(31-34)22(30-29-20)17-7-9-18(10-8-17)25(26(36)28-2)33-13-11-32(3)12-14-33/h4-10,15,25,29H,11-14H2,1-3H3,(H,28,36). The van der Waals surface area contributed by atoms with E-state index in [-0.39, 0.29) is 17.6 Å². The number of likely N-dealkylation sites (N-methyl/N-ethyl adjacent to an activating group) is 2. The van der Waals surface area contributed by atoms with Crippen LogP contribution in [0.15, 0.2) is 53.3 Å². The molecule has 5 rings (SSSR count). The first kappa shape index (κ1) is 23.8. The maximum atomic E-state index is 14.6. The van der Waals surface area contributed by atoms with Crippen molar-refractivity contribution < 1.29 is 9.18 Å². The van der Waals surface area contributed by atoms with Crippen molar-refractivity contribution in [3.05, 3.63) is 75.8 Å². The third-order valence-corrected chi connectivity index (χ3v) is 6.74. The predicted molar refractivity (Wildman–Crippen MR) is 135 cm³/mol. The first-order valence-corrected chi connectivity index (χ1v) is 11.9. The van der Waals surface area contributed by atoms with Crippen LogP contribution in [0, 0.1) is 12.7 Å². The summed E-state index contributed by atoms with van der Waals surface area (Å²) < 4.78 is 15.7. The summed E-state index contributed by atoms with van der Waals surface area (Å²) in [5.41, 5.74) is 3.36. The summed E-state index contributed by atoms with van der Waals surface area (Å²) in [6.45, 7) is 5.14. The lowest BCUT2D eigenvalue weighted by Crippen LogP contribution is -2.49. The minimum absolute atomic E-state index is 0.0523. The molecule has 1 amide bonds. The molecule has 36 heavy (non-hydrogen) atoms. The second kappa shape index (κ2) is 9.63. The molecular weight excluding hydrogens is 461 g/mol. The van der Waals surface area contributed by atoms with Crippen LogP contribution in [0.5, 0.6) is 0 Å². The normalized spacial score (nSPS) is 15.8. The smallest absolute Gasteiger partial charge is 0.273 e. The molecule has 9 nitrogen and oxygen atoms in total. The molecule has 0 saturated carbocycles. The van der Waals surface area contributed by atoms with Crippen molar-refractivity contribution in [1.82, 2.24) is 35.1 Å². The summed E-state index contributed by atoms with van der Waals surface area (Å²) in [6.07, 6.45) is 0. The van der Waals surface area contributed by atoms with E-state index in [4.69, 9.17) is 0 Å². The highest BCUT2D eigenvalue weighted by molar-refractivity contribution is 5.89. The van der Waals surface area contributed by atoms with Crippen molar-refractivity contribution in [1.29, 1.82) is 0 Å². The average Bonchev–Trinajstić information content (AvgIpc) is 3.28. The van der Waals surface area contributed by atoms with Crippen molar-refractivity contribution in [2.45, 2.75) is 13.0 Å². The molecule has 1 atom stereocenters. The topological polar surface area (TPSA) is 99.1 Å². The number of benzene rings is 2. The number of H-pyrrole nitrogens is 1. The van der Waals surface area contributed by atoms with Gasteiger partial charge in [-0.1, -0.05) is 36.4 Å². The molecule has 186 valence electrons. The number of amides is 1. The number of hydrogen-bond acceptors (Lipinski definition) is 6. The maximum Gasteiger partial charge on any atom is 0.273 e. The molecular formula is C26H28FN7O2. The fraction of sp³-hybridized carbons (Fsp3) is 0.308. The molecule has 1 fully saturated rings. The van der Waals surface area contributed by atoms with Gasteiger partial charge in [0.1, 0.15) is 28.8 Å². The number of carbonyl (C=O) groups excluding carboxylic acids is 1. The van der Waals surface area contributed by atoms with Gasteiger partial charge in [-0.2, -0.15) is 14.9 Å². The molecule has 2 aromatic carbocycles. The van der Waals surface area contributed by atoms with Gasteiger partial charge in [0, 0.05) is 44.9 Å². The number of fused-ring (bicyclic) bond motifs is 1. The van der Waals surface area contributed by atoms with E-state index in [0.29, 0.717) is 22.3 Å². The SMILES string of the molecule is CNC(=O)C(c1ccc(-c2n[nH]c3cc(=O)n(-c4c(C)cccc4F)nc23)cc1)N1CCN(C)CC1. The van der Waals surface area contributed by atoms with E-state index in [1.54, 1.807) is 26.1 Å². The Hall–Kier alpha value is -3.89. The number of carbonyl (C=O) groups is 1. The first-order chi connectivity index (χ1) is 17.4. The third kappa shape index (κ3) is 4.29. The molecule has 0 bridgehead atoms. The number of aromatic amines is 1. The van der Waals surface area contributed by atoms with Gasteiger partial charge >= 0.3 is 0 Å². The number of aromatic nitrogens is 4. The van der Waals surface area contributed by atoms with Gasteiger partial charge < -0.3 is 10.2 Å². The molecule has 0 spiro atoms. The Balaban J connectivity index is 1.53. The molecule has 4 aromatic rings. The zero-order chi connectivity index (χ0) is 25.4. The number of nitrogens with one attached hydrogen (secondary N) is 2.